The highest BCUT2D eigenvalue weighted by molar-refractivity contribution is 9.10. The molecule has 0 fully saturated rings. The van der Waals surface area contributed by atoms with Gasteiger partial charge in [0.1, 0.15) is 0 Å². The lowest BCUT2D eigenvalue weighted by Crippen LogP contribution is -2.35. The molecule has 0 aromatic heterocycles. The molecule has 0 unspecified atom stereocenters. The Morgan fingerprint density at radius 1 is 1.21 bits per heavy atom. The van der Waals surface area contributed by atoms with Crippen molar-refractivity contribution in [2.75, 3.05) is 11.6 Å². The quantitative estimate of drug-likeness (QED) is 0.634. The number of anilines is 1. The second kappa shape index (κ2) is 8.75. The first-order valence-electron chi connectivity index (χ1n) is 7.23. The molecule has 2 aromatic carbocycles. The standard InChI is InChI=1S/C17H18BrN3O2S/c1-24-14-4-2-3-13(9-14)20-16(22)10-15(21-17(19)23)11-5-7-12(18)8-6-11/h2-9,15H,10H2,1H3,(H,20,22)(H3,19,21,23)/t15-/m0/s1. The molecule has 2 aromatic rings. The number of halogens is 1. The maximum Gasteiger partial charge on any atom is 0.312 e. The van der Waals surface area contributed by atoms with Gasteiger partial charge in [-0.25, -0.2) is 4.79 Å². The Balaban J connectivity index is 2.08. The fourth-order valence-corrected chi connectivity index (χ4v) is 2.94. The number of amides is 3. The van der Waals surface area contributed by atoms with Crippen LogP contribution in [0.25, 0.3) is 0 Å². The Labute approximate surface area is 153 Å². The summed E-state index contributed by atoms with van der Waals surface area (Å²) in [5.74, 6) is -0.199. The van der Waals surface area contributed by atoms with Crippen LogP contribution in [0.15, 0.2) is 57.9 Å². The van der Waals surface area contributed by atoms with Crippen molar-refractivity contribution < 1.29 is 9.59 Å². The van der Waals surface area contributed by atoms with E-state index in [0.29, 0.717) is 0 Å². The maximum atomic E-state index is 12.3. The van der Waals surface area contributed by atoms with Crippen LogP contribution in [0.5, 0.6) is 0 Å². The highest BCUT2D eigenvalue weighted by Gasteiger charge is 2.17. The molecule has 3 amide bonds. The smallest absolute Gasteiger partial charge is 0.312 e. The fraction of sp³-hybridized carbons (Fsp3) is 0.176. The zero-order chi connectivity index (χ0) is 17.5. The molecule has 0 aliphatic rings. The first kappa shape index (κ1) is 18.4. The van der Waals surface area contributed by atoms with Crippen molar-refractivity contribution in [1.29, 1.82) is 0 Å². The lowest BCUT2D eigenvalue weighted by Gasteiger charge is -2.18. The van der Waals surface area contributed by atoms with Gasteiger partial charge in [-0.2, -0.15) is 0 Å². The highest BCUT2D eigenvalue weighted by atomic mass is 79.9. The summed E-state index contributed by atoms with van der Waals surface area (Å²) in [6, 6.07) is 13.8. The second-order valence-electron chi connectivity index (χ2n) is 5.10. The maximum absolute atomic E-state index is 12.3. The number of rotatable bonds is 6. The van der Waals surface area contributed by atoms with Crippen LogP contribution in [0.1, 0.15) is 18.0 Å². The summed E-state index contributed by atoms with van der Waals surface area (Å²) >= 11 is 4.96. The van der Waals surface area contributed by atoms with Gasteiger partial charge in [0.05, 0.1) is 12.5 Å². The largest absolute Gasteiger partial charge is 0.352 e. The van der Waals surface area contributed by atoms with Crippen molar-refractivity contribution in [3.05, 3.63) is 58.6 Å². The van der Waals surface area contributed by atoms with Crippen molar-refractivity contribution >= 4 is 45.3 Å². The summed E-state index contributed by atoms with van der Waals surface area (Å²) in [7, 11) is 0. The average molecular weight is 408 g/mol. The Kier molecular flexibility index (Phi) is 6.69. The van der Waals surface area contributed by atoms with Gasteiger partial charge in [0.15, 0.2) is 0 Å². The van der Waals surface area contributed by atoms with E-state index in [-0.39, 0.29) is 12.3 Å². The number of benzene rings is 2. The summed E-state index contributed by atoms with van der Waals surface area (Å²) < 4.78 is 0.919. The van der Waals surface area contributed by atoms with E-state index in [2.05, 4.69) is 26.6 Å². The third kappa shape index (κ3) is 5.58. The number of urea groups is 1. The molecule has 126 valence electrons. The second-order valence-corrected chi connectivity index (χ2v) is 6.89. The summed E-state index contributed by atoms with van der Waals surface area (Å²) in [5.41, 5.74) is 6.77. The lowest BCUT2D eigenvalue weighted by molar-refractivity contribution is -0.116. The van der Waals surface area contributed by atoms with Gasteiger partial charge in [0.25, 0.3) is 0 Å². The topological polar surface area (TPSA) is 84.2 Å². The predicted molar refractivity (Wildman–Crippen MR) is 101 cm³/mol. The van der Waals surface area contributed by atoms with E-state index in [9.17, 15) is 9.59 Å². The first-order valence-corrected chi connectivity index (χ1v) is 9.25. The average Bonchev–Trinajstić information content (AvgIpc) is 2.54. The highest BCUT2D eigenvalue weighted by Crippen LogP contribution is 2.22. The van der Waals surface area contributed by atoms with Gasteiger partial charge >= 0.3 is 6.03 Å². The van der Waals surface area contributed by atoms with Crippen LogP contribution in [0.4, 0.5) is 10.5 Å². The van der Waals surface area contributed by atoms with Gasteiger partial charge in [0.2, 0.25) is 5.91 Å². The Morgan fingerprint density at radius 2 is 1.92 bits per heavy atom. The van der Waals surface area contributed by atoms with Crippen LogP contribution in [0.2, 0.25) is 0 Å². The third-order valence-corrected chi connectivity index (χ3v) is 4.59. The molecule has 4 N–H and O–H groups in total. The van der Waals surface area contributed by atoms with E-state index in [0.717, 1.165) is 20.6 Å². The van der Waals surface area contributed by atoms with Gasteiger partial charge in [-0.3, -0.25) is 4.79 Å². The van der Waals surface area contributed by atoms with Crippen LogP contribution < -0.4 is 16.4 Å². The molecule has 0 saturated heterocycles. The molecule has 0 bridgehead atoms. The van der Waals surface area contributed by atoms with E-state index in [1.807, 2.05) is 54.8 Å². The molecular weight excluding hydrogens is 390 g/mol. The van der Waals surface area contributed by atoms with Crippen molar-refractivity contribution in [2.24, 2.45) is 5.73 Å². The molecule has 0 saturated carbocycles. The molecule has 1 atom stereocenters. The number of nitrogens with two attached hydrogens (primary N) is 1. The molecule has 5 nitrogen and oxygen atoms in total. The molecular formula is C17H18BrN3O2S. The SMILES string of the molecule is CSc1cccc(NC(=O)C[C@H](NC(N)=O)c2ccc(Br)cc2)c1. The van der Waals surface area contributed by atoms with Gasteiger partial charge < -0.3 is 16.4 Å². The number of hydrogen-bond acceptors (Lipinski definition) is 3. The predicted octanol–water partition coefficient (Wildman–Crippen LogP) is 3.91. The third-order valence-electron chi connectivity index (χ3n) is 3.33. The summed E-state index contributed by atoms with van der Waals surface area (Å²) in [5, 5.41) is 5.46. The number of carbonyl (C=O) groups is 2. The fourth-order valence-electron chi connectivity index (χ4n) is 2.22. The summed E-state index contributed by atoms with van der Waals surface area (Å²) in [4.78, 5) is 24.6. The van der Waals surface area contributed by atoms with E-state index >= 15 is 0 Å². The molecule has 0 aliphatic heterocycles. The molecule has 0 heterocycles. The van der Waals surface area contributed by atoms with Gasteiger partial charge in [-0.15, -0.1) is 11.8 Å². The normalized spacial score (nSPS) is 11.6. The molecule has 24 heavy (non-hydrogen) atoms. The van der Waals surface area contributed by atoms with Crippen molar-refractivity contribution in [3.63, 3.8) is 0 Å². The van der Waals surface area contributed by atoms with Gasteiger partial charge in [0, 0.05) is 15.1 Å². The minimum atomic E-state index is -0.667. The number of nitrogens with one attached hydrogen (secondary N) is 2. The Morgan fingerprint density at radius 3 is 2.54 bits per heavy atom. The van der Waals surface area contributed by atoms with Crippen LogP contribution in [0, 0.1) is 0 Å². The minimum absolute atomic E-state index is 0.0913. The van der Waals surface area contributed by atoms with Crippen molar-refractivity contribution in [1.82, 2.24) is 5.32 Å². The number of hydrogen-bond donors (Lipinski definition) is 3. The molecule has 0 aliphatic carbocycles. The first-order chi connectivity index (χ1) is 11.5. The zero-order valence-corrected chi connectivity index (χ0v) is 15.5. The molecule has 0 radical (unpaired) electrons. The summed E-state index contributed by atoms with van der Waals surface area (Å²) in [6.07, 6.45) is 2.06. The van der Waals surface area contributed by atoms with Crippen LogP contribution in [-0.2, 0) is 4.79 Å². The number of primary amides is 1. The van der Waals surface area contributed by atoms with Gasteiger partial charge in [-0.05, 0) is 42.2 Å². The molecule has 0 spiro atoms. The molecule has 7 heteroatoms. The Bertz CT molecular complexity index is 722. The van der Waals surface area contributed by atoms with E-state index < -0.39 is 12.1 Å². The van der Waals surface area contributed by atoms with E-state index in [1.165, 1.54) is 0 Å². The van der Waals surface area contributed by atoms with Crippen LogP contribution >= 0.6 is 27.7 Å². The van der Waals surface area contributed by atoms with E-state index in [4.69, 9.17) is 5.73 Å². The molecule has 2 rings (SSSR count). The number of thioether (sulfide) groups is 1. The van der Waals surface area contributed by atoms with Crippen molar-refractivity contribution in [3.8, 4) is 0 Å². The van der Waals surface area contributed by atoms with Crippen LogP contribution in [-0.4, -0.2) is 18.2 Å². The Hall–Kier alpha value is -1.99. The van der Waals surface area contributed by atoms with Gasteiger partial charge in [-0.1, -0.05) is 34.1 Å². The number of carbonyl (C=O) groups excluding carboxylic acids is 2. The minimum Gasteiger partial charge on any atom is -0.352 e. The summed E-state index contributed by atoms with van der Waals surface area (Å²) in [6.45, 7) is 0. The zero-order valence-electron chi connectivity index (χ0n) is 13.1. The monoisotopic (exact) mass is 407 g/mol. The lowest BCUT2D eigenvalue weighted by atomic mass is 10.0. The van der Waals surface area contributed by atoms with Crippen LogP contribution in [0.3, 0.4) is 0 Å². The van der Waals surface area contributed by atoms with Crippen molar-refractivity contribution in [2.45, 2.75) is 17.4 Å². The van der Waals surface area contributed by atoms with E-state index in [1.54, 1.807) is 11.8 Å².